The van der Waals surface area contributed by atoms with Crippen LogP contribution in [0.25, 0.3) is 0 Å². The van der Waals surface area contributed by atoms with E-state index in [9.17, 15) is 9.90 Å². The predicted molar refractivity (Wildman–Crippen MR) is 106 cm³/mol. The number of phenols is 1. The molecule has 0 radical (unpaired) electrons. The summed E-state index contributed by atoms with van der Waals surface area (Å²) in [6.45, 7) is 6.55. The maximum absolute atomic E-state index is 11.8. The Morgan fingerprint density at radius 2 is 1.85 bits per heavy atom. The molecule has 1 atom stereocenters. The summed E-state index contributed by atoms with van der Waals surface area (Å²) in [6, 6.07) is 12.6. The van der Waals surface area contributed by atoms with E-state index in [4.69, 9.17) is 9.47 Å². The molecule has 0 aromatic heterocycles. The molecule has 1 amide bonds. The lowest BCUT2D eigenvalue weighted by atomic mass is 9.99. The third-order valence-corrected chi connectivity index (χ3v) is 4.14. The summed E-state index contributed by atoms with van der Waals surface area (Å²) in [7, 11) is 0. The summed E-state index contributed by atoms with van der Waals surface area (Å²) in [4.78, 5) is 11.8. The molecule has 0 aliphatic carbocycles. The minimum Gasteiger partial charge on any atom is -0.507 e. The second-order valence-electron chi connectivity index (χ2n) is 6.11. The first-order valence-electron chi connectivity index (χ1n) is 9.04. The van der Waals surface area contributed by atoms with Gasteiger partial charge in [-0.25, -0.2) is 5.43 Å². The molecule has 6 nitrogen and oxygen atoms in total. The highest BCUT2D eigenvalue weighted by Crippen LogP contribution is 2.22. The first-order chi connectivity index (χ1) is 13.0. The lowest BCUT2D eigenvalue weighted by molar-refractivity contribution is -0.123. The summed E-state index contributed by atoms with van der Waals surface area (Å²) in [6.07, 6.45) is 2.44. The smallest absolute Gasteiger partial charge is 0.277 e. The van der Waals surface area contributed by atoms with Crippen LogP contribution in [0.15, 0.2) is 47.6 Å². The maximum Gasteiger partial charge on any atom is 0.277 e. The number of carbonyl (C=O) groups excluding carboxylic acids is 1. The zero-order valence-corrected chi connectivity index (χ0v) is 15.9. The summed E-state index contributed by atoms with van der Waals surface area (Å²) in [5, 5.41) is 13.7. The number of nitrogens with zero attached hydrogens (tertiary/aromatic N) is 1. The number of hydrogen-bond acceptors (Lipinski definition) is 5. The lowest BCUT2D eigenvalue weighted by Gasteiger charge is -2.10. The molecule has 2 aromatic rings. The Morgan fingerprint density at radius 3 is 2.48 bits per heavy atom. The molecular weight excluding hydrogens is 344 g/mol. The number of ether oxygens (including phenoxy) is 2. The second-order valence-corrected chi connectivity index (χ2v) is 6.11. The fourth-order valence-electron chi connectivity index (χ4n) is 2.37. The lowest BCUT2D eigenvalue weighted by Crippen LogP contribution is -2.24. The SMILES string of the molecule is CCOc1ccc(C=NNC(=O)COc2ccc(C(C)CC)cc2)c(O)c1. The normalized spacial score (nSPS) is 12.0. The second kappa shape index (κ2) is 10.2. The Balaban J connectivity index is 1.81. The Hall–Kier alpha value is -3.02. The highest BCUT2D eigenvalue weighted by molar-refractivity contribution is 5.85. The maximum atomic E-state index is 11.8. The van der Waals surface area contributed by atoms with E-state index in [1.54, 1.807) is 12.1 Å². The molecule has 0 fully saturated rings. The third kappa shape index (κ3) is 6.33. The molecule has 0 spiro atoms. The predicted octanol–water partition coefficient (Wildman–Crippen LogP) is 3.83. The fraction of sp³-hybridized carbons (Fsp3) is 0.333. The number of phenolic OH excluding ortho intramolecular Hbond substituents is 1. The zero-order chi connectivity index (χ0) is 19.6. The molecule has 0 aliphatic rings. The van der Waals surface area contributed by atoms with E-state index >= 15 is 0 Å². The molecule has 0 saturated carbocycles. The van der Waals surface area contributed by atoms with Gasteiger partial charge in [-0.2, -0.15) is 5.10 Å². The highest BCUT2D eigenvalue weighted by atomic mass is 16.5. The summed E-state index contributed by atoms with van der Waals surface area (Å²) in [5.74, 6) is 1.34. The summed E-state index contributed by atoms with van der Waals surface area (Å²) in [5.41, 5.74) is 4.09. The Bertz CT molecular complexity index is 772. The fourth-order valence-corrected chi connectivity index (χ4v) is 2.37. The van der Waals surface area contributed by atoms with E-state index in [-0.39, 0.29) is 18.3 Å². The van der Waals surface area contributed by atoms with Gasteiger partial charge in [-0.05, 0) is 49.1 Å². The average molecular weight is 370 g/mol. The molecule has 0 bridgehead atoms. The minimum absolute atomic E-state index is 0.0246. The number of rotatable bonds is 9. The monoisotopic (exact) mass is 370 g/mol. The zero-order valence-electron chi connectivity index (χ0n) is 15.9. The van der Waals surface area contributed by atoms with Crippen LogP contribution in [0.3, 0.4) is 0 Å². The van der Waals surface area contributed by atoms with Gasteiger partial charge in [0.25, 0.3) is 5.91 Å². The van der Waals surface area contributed by atoms with Gasteiger partial charge in [-0.15, -0.1) is 0 Å². The minimum atomic E-state index is -0.386. The first kappa shape index (κ1) is 20.3. The van der Waals surface area contributed by atoms with E-state index in [0.29, 0.717) is 29.6 Å². The van der Waals surface area contributed by atoms with E-state index in [1.807, 2.05) is 31.2 Å². The van der Waals surface area contributed by atoms with Crippen LogP contribution < -0.4 is 14.9 Å². The van der Waals surface area contributed by atoms with Gasteiger partial charge in [-0.3, -0.25) is 4.79 Å². The molecule has 0 saturated heterocycles. The van der Waals surface area contributed by atoms with Crippen LogP contribution in [0.5, 0.6) is 17.2 Å². The Morgan fingerprint density at radius 1 is 1.15 bits per heavy atom. The number of benzene rings is 2. The molecule has 0 heterocycles. The molecule has 2 rings (SSSR count). The van der Waals surface area contributed by atoms with Gasteiger partial charge in [0.2, 0.25) is 0 Å². The van der Waals surface area contributed by atoms with Crippen LogP contribution in [-0.4, -0.2) is 30.4 Å². The van der Waals surface area contributed by atoms with E-state index in [1.165, 1.54) is 17.8 Å². The third-order valence-electron chi connectivity index (χ3n) is 4.14. The summed E-state index contributed by atoms with van der Waals surface area (Å²) >= 11 is 0. The van der Waals surface area contributed by atoms with Gasteiger partial charge in [0, 0.05) is 11.6 Å². The van der Waals surface area contributed by atoms with Crippen molar-refractivity contribution < 1.29 is 19.4 Å². The topological polar surface area (TPSA) is 80.2 Å². The van der Waals surface area contributed by atoms with Crippen LogP contribution in [-0.2, 0) is 4.79 Å². The van der Waals surface area contributed by atoms with Crippen molar-refractivity contribution in [1.82, 2.24) is 5.43 Å². The number of nitrogens with one attached hydrogen (secondary N) is 1. The Labute approximate surface area is 159 Å². The number of aromatic hydroxyl groups is 1. The van der Waals surface area contributed by atoms with Crippen molar-refractivity contribution in [3.8, 4) is 17.2 Å². The van der Waals surface area contributed by atoms with Crippen molar-refractivity contribution in [3.63, 3.8) is 0 Å². The molecule has 27 heavy (non-hydrogen) atoms. The molecular formula is C21H26N2O4. The number of hydrazone groups is 1. The van der Waals surface area contributed by atoms with Crippen LogP contribution in [0.1, 0.15) is 44.2 Å². The quantitative estimate of drug-likeness (QED) is 0.519. The average Bonchev–Trinajstić information content (AvgIpc) is 2.68. The van der Waals surface area contributed by atoms with Crippen LogP contribution in [0, 0.1) is 0 Å². The van der Waals surface area contributed by atoms with Crippen LogP contribution >= 0.6 is 0 Å². The van der Waals surface area contributed by atoms with Crippen molar-refractivity contribution in [3.05, 3.63) is 53.6 Å². The van der Waals surface area contributed by atoms with Gasteiger partial charge in [0.05, 0.1) is 12.8 Å². The first-order valence-corrected chi connectivity index (χ1v) is 9.04. The molecule has 144 valence electrons. The highest BCUT2D eigenvalue weighted by Gasteiger charge is 2.05. The van der Waals surface area contributed by atoms with Crippen molar-refractivity contribution in [2.24, 2.45) is 5.10 Å². The van der Waals surface area contributed by atoms with Gasteiger partial charge in [-0.1, -0.05) is 26.0 Å². The summed E-state index contributed by atoms with van der Waals surface area (Å²) < 4.78 is 10.7. The van der Waals surface area contributed by atoms with E-state index in [0.717, 1.165) is 6.42 Å². The Kier molecular flexibility index (Phi) is 7.67. The van der Waals surface area contributed by atoms with Crippen molar-refractivity contribution in [2.45, 2.75) is 33.1 Å². The molecule has 0 aliphatic heterocycles. The van der Waals surface area contributed by atoms with Crippen molar-refractivity contribution >= 4 is 12.1 Å². The van der Waals surface area contributed by atoms with Crippen LogP contribution in [0.2, 0.25) is 0 Å². The van der Waals surface area contributed by atoms with Gasteiger partial charge in [0.15, 0.2) is 6.61 Å². The van der Waals surface area contributed by atoms with Crippen molar-refractivity contribution in [1.29, 1.82) is 0 Å². The standard InChI is InChI=1S/C21H26N2O4/c1-4-15(3)16-6-9-18(10-7-16)27-14-21(25)23-22-13-17-8-11-19(26-5-2)12-20(17)24/h6-13,15,24H,4-5,14H2,1-3H3,(H,23,25). The number of hydrogen-bond donors (Lipinski definition) is 2. The molecule has 2 N–H and O–H groups in total. The van der Waals surface area contributed by atoms with E-state index in [2.05, 4.69) is 24.4 Å². The van der Waals surface area contributed by atoms with Gasteiger partial charge < -0.3 is 14.6 Å². The number of amides is 1. The van der Waals surface area contributed by atoms with Crippen molar-refractivity contribution in [2.75, 3.05) is 13.2 Å². The largest absolute Gasteiger partial charge is 0.507 e. The van der Waals surface area contributed by atoms with Gasteiger partial charge >= 0.3 is 0 Å². The van der Waals surface area contributed by atoms with E-state index < -0.39 is 0 Å². The van der Waals surface area contributed by atoms with Gasteiger partial charge in [0.1, 0.15) is 17.2 Å². The van der Waals surface area contributed by atoms with Crippen LogP contribution in [0.4, 0.5) is 0 Å². The number of carbonyl (C=O) groups is 1. The molecule has 6 heteroatoms. The molecule has 2 aromatic carbocycles. The molecule has 1 unspecified atom stereocenters.